The minimum Gasteiger partial charge on any atom is -0.338 e. The van der Waals surface area contributed by atoms with Gasteiger partial charge in [-0.25, -0.2) is 14.7 Å². The normalized spacial score (nSPS) is 11.2. The number of nitrogens with zero attached hydrogens (tertiary/aromatic N) is 3. The van der Waals surface area contributed by atoms with Crippen molar-refractivity contribution in [2.45, 2.75) is 12.5 Å². The first-order valence-corrected chi connectivity index (χ1v) is 9.74. The number of halogens is 3. The molecule has 0 unspecified atom stereocenters. The number of hydrogen-bond donors (Lipinski definition) is 1. The van der Waals surface area contributed by atoms with Crippen LogP contribution in [0.1, 0.15) is 5.56 Å². The van der Waals surface area contributed by atoms with Crippen LogP contribution in [0.15, 0.2) is 53.9 Å². The lowest BCUT2D eigenvalue weighted by molar-refractivity contribution is -0.384. The van der Waals surface area contributed by atoms with Crippen molar-refractivity contribution in [1.29, 1.82) is 0 Å². The Balaban J connectivity index is 2.03. The molecule has 3 rings (SSSR count). The summed E-state index contributed by atoms with van der Waals surface area (Å²) in [7, 11) is 5.40. The van der Waals surface area contributed by atoms with Crippen molar-refractivity contribution in [2.24, 2.45) is 0 Å². The highest BCUT2D eigenvalue weighted by atomic mass is 32.1. The third-order valence-electron chi connectivity index (χ3n) is 4.09. The van der Waals surface area contributed by atoms with Crippen LogP contribution in [0.4, 0.5) is 34.5 Å². The van der Waals surface area contributed by atoms with E-state index in [-0.39, 0.29) is 29.4 Å². The van der Waals surface area contributed by atoms with Gasteiger partial charge >= 0.3 is 12.2 Å². The molecule has 158 valence electrons. The van der Waals surface area contributed by atoms with E-state index in [1.807, 2.05) is 0 Å². The minimum absolute atomic E-state index is 0.0377. The number of nitro benzene ring substituents is 1. The molecule has 1 heterocycles. The number of carbonyl (C=O) groups excluding carboxylic acids is 1. The average Bonchev–Trinajstić information content (AvgIpc) is 3.22. The molecule has 0 saturated heterocycles. The first-order valence-electron chi connectivity index (χ1n) is 8.86. The molecule has 0 fully saturated rings. The number of nitrogens with one attached hydrogen (secondary N) is 1. The molecule has 2 aromatic carbocycles. The summed E-state index contributed by atoms with van der Waals surface area (Å²) in [5.41, 5.74) is -0.320. The number of benzene rings is 2. The highest BCUT2D eigenvalue weighted by molar-refractivity contribution is 7.14. The van der Waals surface area contributed by atoms with Crippen LogP contribution in [-0.2, 0) is 6.18 Å². The fourth-order valence-electron chi connectivity index (χ4n) is 2.67. The van der Waals surface area contributed by atoms with Gasteiger partial charge in [0.2, 0.25) is 0 Å². The number of carbonyl (C=O) groups is 1. The van der Waals surface area contributed by atoms with Crippen LogP contribution in [0.3, 0.4) is 0 Å². The van der Waals surface area contributed by atoms with E-state index >= 15 is 0 Å². The van der Waals surface area contributed by atoms with Crippen molar-refractivity contribution in [3.05, 3.63) is 69.6 Å². The van der Waals surface area contributed by atoms with Crippen molar-refractivity contribution >= 4 is 41.7 Å². The van der Waals surface area contributed by atoms with E-state index < -0.39 is 22.7 Å². The number of amides is 2. The summed E-state index contributed by atoms with van der Waals surface area (Å²) in [5.74, 6) is 0. The summed E-state index contributed by atoms with van der Waals surface area (Å²) in [6, 6.07) is 9.33. The van der Waals surface area contributed by atoms with Gasteiger partial charge in [-0.2, -0.15) is 13.2 Å². The quantitative estimate of drug-likeness (QED) is 0.322. The predicted octanol–water partition coefficient (Wildman–Crippen LogP) is 5.17. The standard InChI is InChI=1S/C19H14BF3N4O3S/c20-7-8-24-17(28)26(14-5-2-4-13(10-14)19(21,22)23)18-25-16(11-31-18)12-3-1-6-15(9-12)27(29)30/h1-6,9-11H,7-8H2,(H,24,28). The van der Waals surface area contributed by atoms with E-state index in [4.69, 9.17) is 7.85 Å². The van der Waals surface area contributed by atoms with Gasteiger partial charge in [0.05, 0.1) is 29.7 Å². The van der Waals surface area contributed by atoms with Gasteiger partial charge in [0.1, 0.15) is 0 Å². The first-order chi connectivity index (χ1) is 14.7. The molecule has 0 aliphatic heterocycles. The lowest BCUT2D eigenvalue weighted by Crippen LogP contribution is -2.37. The summed E-state index contributed by atoms with van der Waals surface area (Å²) in [4.78, 5) is 28.5. The summed E-state index contributed by atoms with van der Waals surface area (Å²) in [6.07, 6.45) is -4.45. The van der Waals surface area contributed by atoms with E-state index in [9.17, 15) is 28.1 Å². The Hall–Kier alpha value is -3.41. The van der Waals surface area contributed by atoms with E-state index in [2.05, 4.69) is 10.3 Å². The van der Waals surface area contributed by atoms with Gasteiger partial charge in [0.15, 0.2) is 5.13 Å². The average molecular weight is 446 g/mol. The second-order valence-corrected chi connectivity index (χ2v) is 7.06. The van der Waals surface area contributed by atoms with Crippen molar-refractivity contribution in [1.82, 2.24) is 10.3 Å². The van der Waals surface area contributed by atoms with Gasteiger partial charge in [-0.05, 0) is 18.2 Å². The zero-order valence-electron chi connectivity index (χ0n) is 15.8. The molecule has 31 heavy (non-hydrogen) atoms. The molecular weight excluding hydrogens is 432 g/mol. The lowest BCUT2D eigenvalue weighted by atomic mass is 10.1. The van der Waals surface area contributed by atoms with E-state index in [0.717, 1.165) is 28.4 Å². The van der Waals surface area contributed by atoms with Crippen LogP contribution in [0, 0.1) is 10.1 Å². The molecule has 0 bridgehead atoms. The van der Waals surface area contributed by atoms with Gasteiger partial charge in [-0.15, -0.1) is 11.3 Å². The molecule has 1 aromatic heterocycles. The van der Waals surface area contributed by atoms with Crippen molar-refractivity contribution in [3.8, 4) is 11.3 Å². The Morgan fingerprint density at radius 1 is 1.23 bits per heavy atom. The topological polar surface area (TPSA) is 88.4 Å². The summed E-state index contributed by atoms with van der Waals surface area (Å²) < 4.78 is 39.5. The van der Waals surface area contributed by atoms with E-state index in [1.165, 1.54) is 30.3 Å². The van der Waals surface area contributed by atoms with Gasteiger partial charge in [0.25, 0.3) is 5.69 Å². The van der Waals surface area contributed by atoms with Gasteiger partial charge < -0.3 is 5.32 Å². The Morgan fingerprint density at radius 3 is 2.65 bits per heavy atom. The van der Waals surface area contributed by atoms with Crippen LogP contribution in [0.25, 0.3) is 11.3 Å². The highest BCUT2D eigenvalue weighted by Crippen LogP contribution is 2.36. The van der Waals surface area contributed by atoms with Crippen LogP contribution in [0.5, 0.6) is 0 Å². The number of rotatable bonds is 6. The highest BCUT2D eigenvalue weighted by Gasteiger charge is 2.32. The SMILES string of the molecule is [B]CCNC(=O)N(c1cccc(C(F)(F)F)c1)c1nc(-c2cccc([N+](=O)[O-])c2)cs1. The van der Waals surface area contributed by atoms with E-state index in [1.54, 1.807) is 11.4 Å². The Labute approximate surface area is 180 Å². The van der Waals surface area contributed by atoms with Crippen LogP contribution < -0.4 is 10.2 Å². The maximum absolute atomic E-state index is 13.2. The molecule has 7 nitrogen and oxygen atoms in total. The molecule has 1 N–H and O–H groups in total. The zero-order valence-corrected chi connectivity index (χ0v) is 16.6. The van der Waals surface area contributed by atoms with Crippen LogP contribution in [-0.4, -0.2) is 30.3 Å². The van der Waals surface area contributed by atoms with Crippen LogP contribution >= 0.6 is 11.3 Å². The molecule has 12 heteroatoms. The minimum atomic E-state index is -4.59. The van der Waals surface area contributed by atoms with Crippen molar-refractivity contribution < 1.29 is 22.9 Å². The molecule has 0 atom stereocenters. The lowest BCUT2D eigenvalue weighted by Gasteiger charge is -2.21. The van der Waals surface area contributed by atoms with Crippen molar-refractivity contribution in [3.63, 3.8) is 0 Å². The molecule has 2 amide bonds. The molecule has 0 aliphatic carbocycles. The molecule has 0 spiro atoms. The monoisotopic (exact) mass is 446 g/mol. The number of nitro groups is 1. The third-order valence-corrected chi connectivity index (χ3v) is 4.92. The molecule has 2 radical (unpaired) electrons. The molecule has 0 saturated carbocycles. The number of anilines is 2. The van der Waals surface area contributed by atoms with E-state index in [0.29, 0.717) is 11.3 Å². The van der Waals surface area contributed by atoms with Gasteiger partial charge in [-0.1, -0.05) is 24.5 Å². The Morgan fingerprint density at radius 2 is 1.97 bits per heavy atom. The van der Waals surface area contributed by atoms with Gasteiger partial charge in [-0.3, -0.25) is 10.1 Å². The Bertz CT molecular complexity index is 1110. The molecular formula is C19H14BF3N4O3S. The third kappa shape index (κ3) is 5.20. The summed E-state index contributed by atoms with van der Waals surface area (Å²) in [6.45, 7) is 0.109. The summed E-state index contributed by atoms with van der Waals surface area (Å²) in [5, 5.41) is 15.2. The zero-order chi connectivity index (χ0) is 22.6. The number of alkyl halides is 3. The fraction of sp³-hybridized carbons (Fsp3) is 0.158. The first kappa shape index (κ1) is 22.3. The fourth-order valence-corrected chi connectivity index (χ4v) is 3.52. The summed E-state index contributed by atoms with van der Waals surface area (Å²) >= 11 is 1.01. The predicted molar refractivity (Wildman–Crippen MR) is 112 cm³/mol. The van der Waals surface area contributed by atoms with Gasteiger partial charge in [0, 0.05) is 29.6 Å². The molecule has 0 aliphatic rings. The van der Waals surface area contributed by atoms with Crippen molar-refractivity contribution in [2.75, 3.05) is 11.4 Å². The second-order valence-electron chi connectivity index (χ2n) is 6.23. The number of thiazole rings is 1. The van der Waals surface area contributed by atoms with Crippen LogP contribution in [0.2, 0.25) is 6.32 Å². The molecule has 3 aromatic rings. The number of hydrogen-bond acceptors (Lipinski definition) is 5. The Kier molecular flexibility index (Phi) is 6.59. The maximum Gasteiger partial charge on any atom is 0.416 e. The number of aromatic nitrogens is 1. The maximum atomic E-state index is 13.2. The smallest absolute Gasteiger partial charge is 0.338 e. The number of non-ortho nitro benzene ring substituents is 1. The number of urea groups is 1. The largest absolute Gasteiger partial charge is 0.416 e. The second kappa shape index (κ2) is 9.17.